The topological polar surface area (TPSA) is 64.4 Å². The normalized spacial score (nSPS) is 21.8. The summed E-state index contributed by atoms with van der Waals surface area (Å²) in [7, 11) is 0. The summed E-state index contributed by atoms with van der Waals surface area (Å²) in [6, 6.07) is 8.90. The van der Waals surface area contributed by atoms with Crippen LogP contribution in [0.1, 0.15) is 24.4 Å². The maximum absolute atomic E-state index is 11.9. The Kier molecular flexibility index (Phi) is 4.12. The fourth-order valence-corrected chi connectivity index (χ4v) is 1.96. The Hall–Kier alpha value is -1.39. The number of rotatable bonds is 3. The fourth-order valence-electron chi connectivity index (χ4n) is 1.96. The molecule has 1 aliphatic heterocycles. The van der Waals surface area contributed by atoms with E-state index in [-0.39, 0.29) is 11.9 Å². The van der Waals surface area contributed by atoms with E-state index in [9.17, 15) is 4.79 Å². The molecule has 4 heteroatoms. The molecule has 0 saturated carbocycles. The van der Waals surface area contributed by atoms with Crippen molar-refractivity contribution >= 4 is 5.91 Å². The summed E-state index contributed by atoms with van der Waals surface area (Å²) in [6.45, 7) is 1.38. The molecule has 1 fully saturated rings. The van der Waals surface area contributed by atoms with Crippen molar-refractivity contribution in [3.63, 3.8) is 0 Å². The maximum Gasteiger partial charge on any atom is 0.241 e. The summed E-state index contributed by atoms with van der Waals surface area (Å²) in [6.07, 6.45) is 1.96. The smallest absolute Gasteiger partial charge is 0.241 e. The van der Waals surface area contributed by atoms with Gasteiger partial charge in [-0.1, -0.05) is 30.3 Å². The highest BCUT2D eigenvalue weighted by atomic mass is 16.5. The third-order valence-electron chi connectivity index (χ3n) is 2.95. The molecule has 0 radical (unpaired) electrons. The van der Waals surface area contributed by atoms with E-state index in [1.165, 1.54) is 0 Å². The Morgan fingerprint density at radius 3 is 2.82 bits per heavy atom. The van der Waals surface area contributed by atoms with Crippen molar-refractivity contribution in [2.24, 2.45) is 5.73 Å². The van der Waals surface area contributed by atoms with Crippen LogP contribution in [0.4, 0.5) is 0 Å². The van der Waals surface area contributed by atoms with Gasteiger partial charge < -0.3 is 15.8 Å². The van der Waals surface area contributed by atoms with Crippen molar-refractivity contribution in [2.45, 2.75) is 24.9 Å². The van der Waals surface area contributed by atoms with Crippen LogP contribution in [0.3, 0.4) is 0 Å². The summed E-state index contributed by atoms with van der Waals surface area (Å²) < 4.78 is 5.31. The third kappa shape index (κ3) is 3.28. The molecular formula is C13H18N2O2. The van der Waals surface area contributed by atoms with Gasteiger partial charge >= 0.3 is 0 Å². The average Bonchev–Trinajstić information content (AvgIpc) is 2.40. The van der Waals surface area contributed by atoms with Crippen LogP contribution >= 0.6 is 0 Å². The first-order chi connectivity index (χ1) is 8.27. The van der Waals surface area contributed by atoms with Crippen molar-refractivity contribution in [3.8, 4) is 0 Å². The van der Waals surface area contributed by atoms with Gasteiger partial charge in [-0.05, 0) is 18.4 Å². The molecule has 2 rings (SSSR count). The lowest BCUT2D eigenvalue weighted by Crippen LogP contribution is -2.44. The van der Waals surface area contributed by atoms with Gasteiger partial charge in [0.1, 0.15) is 6.04 Å². The van der Waals surface area contributed by atoms with Crippen LogP contribution in [0.5, 0.6) is 0 Å². The molecule has 0 bridgehead atoms. The van der Waals surface area contributed by atoms with Crippen LogP contribution < -0.4 is 11.1 Å². The number of carbonyl (C=O) groups excluding carboxylic acids is 1. The first kappa shape index (κ1) is 12.1. The number of nitrogens with two attached hydrogens (primary N) is 1. The Labute approximate surface area is 101 Å². The Morgan fingerprint density at radius 2 is 2.18 bits per heavy atom. The second kappa shape index (κ2) is 5.80. The number of benzene rings is 1. The zero-order valence-corrected chi connectivity index (χ0v) is 9.76. The summed E-state index contributed by atoms with van der Waals surface area (Å²) >= 11 is 0. The highest BCUT2D eigenvalue weighted by Gasteiger charge is 2.21. The van der Waals surface area contributed by atoms with Crippen LogP contribution in [0.25, 0.3) is 0 Å². The van der Waals surface area contributed by atoms with Gasteiger partial charge in [0, 0.05) is 6.61 Å². The highest BCUT2D eigenvalue weighted by molar-refractivity contribution is 5.83. The zero-order chi connectivity index (χ0) is 12.1. The van der Waals surface area contributed by atoms with E-state index >= 15 is 0 Å². The summed E-state index contributed by atoms with van der Waals surface area (Å²) in [4.78, 5) is 11.9. The van der Waals surface area contributed by atoms with Gasteiger partial charge in [-0.25, -0.2) is 0 Å². The molecule has 1 aromatic carbocycles. The molecule has 4 nitrogen and oxygen atoms in total. The van der Waals surface area contributed by atoms with Gasteiger partial charge in [0.05, 0.1) is 12.6 Å². The third-order valence-corrected chi connectivity index (χ3v) is 2.95. The van der Waals surface area contributed by atoms with E-state index in [0.29, 0.717) is 6.61 Å². The fraction of sp³-hybridized carbons (Fsp3) is 0.462. The van der Waals surface area contributed by atoms with E-state index in [2.05, 4.69) is 5.32 Å². The molecule has 1 aromatic rings. The van der Waals surface area contributed by atoms with Crippen LogP contribution in [-0.4, -0.2) is 25.2 Å². The van der Waals surface area contributed by atoms with Gasteiger partial charge in [-0.3, -0.25) is 4.79 Å². The molecule has 0 aromatic heterocycles. The van der Waals surface area contributed by atoms with Crippen molar-refractivity contribution in [1.29, 1.82) is 0 Å². The maximum atomic E-state index is 11.9. The van der Waals surface area contributed by atoms with Crippen LogP contribution in [-0.2, 0) is 9.53 Å². The lowest BCUT2D eigenvalue weighted by molar-refractivity contribution is -0.124. The van der Waals surface area contributed by atoms with Crippen molar-refractivity contribution in [2.75, 3.05) is 13.2 Å². The molecule has 17 heavy (non-hydrogen) atoms. The molecule has 2 atom stereocenters. The standard InChI is InChI=1S/C13H18N2O2/c14-12(10-5-2-1-3-6-10)13(16)15-11-7-4-8-17-9-11/h1-3,5-6,11-12H,4,7-9,14H2,(H,15,16)/t11?,12-/m1/s1. The minimum absolute atomic E-state index is 0.103. The Bertz CT molecular complexity index is 361. The van der Waals surface area contributed by atoms with E-state index in [1.54, 1.807) is 0 Å². The minimum Gasteiger partial charge on any atom is -0.379 e. The molecular weight excluding hydrogens is 216 g/mol. The zero-order valence-electron chi connectivity index (χ0n) is 9.76. The number of hydrogen-bond donors (Lipinski definition) is 2. The summed E-state index contributed by atoms with van der Waals surface area (Å²) in [5.74, 6) is -0.133. The predicted octanol–water partition coefficient (Wildman–Crippen LogP) is 0.982. The van der Waals surface area contributed by atoms with E-state index in [4.69, 9.17) is 10.5 Å². The minimum atomic E-state index is -0.599. The van der Waals surface area contributed by atoms with Crippen molar-refractivity contribution < 1.29 is 9.53 Å². The Balaban J connectivity index is 1.91. The number of carbonyl (C=O) groups is 1. The van der Waals surface area contributed by atoms with Crippen molar-refractivity contribution in [3.05, 3.63) is 35.9 Å². The molecule has 1 unspecified atom stereocenters. The molecule has 1 aliphatic rings. The molecule has 1 heterocycles. The lowest BCUT2D eigenvalue weighted by atomic mass is 10.1. The number of amides is 1. The van der Waals surface area contributed by atoms with Crippen LogP contribution in [0, 0.1) is 0 Å². The molecule has 0 spiro atoms. The predicted molar refractivity (Wildman–Crippen MR) is 65.4 cm³/mol. The summed E-state index contributed by atoms with van der Waals surface area (Å²) in [5.41, 5.74) is 6.74. The molecule has 0 aliphatic carbocycles. The van der Waals surface area contributed by atoms with Crippen LogP contribution in [0.15, 0.2) is 30.3 Å². The van der Waals surface area contributed by atoms with Gasteiger partial charge in [0.2, 0.25) is 5.91 Å². The first-order valence-electron chi connectivity index (χ1n) is 5.96. The van der Waals surface area contributed by atoms with E-state index < -0.39 is 6.04 Å². The number of ether oxygens (including phenoxy) is 1. The SMILES string of the molecule is N[C@@H](C(=O)NC1CCCOC1)c1ccccc1. The van der Waals surface area contributed by atoms with Gasteiger partial charge in [0.15, 0.2) is 0 Å². The van der Waals surface area contributed by atoms with Crippen molar-refractivity contribution in [1.82, 2.24) is 5.32 Å². The molecule has 3 N–H and O–H groups in total. The lowest BCUT2D eigenvalue weighted by Gasteiger charge is -2.24. The number of nitrogens with one attached hydrogen (secondary N) is 1. The first-order valence-corrected chi connectivity index (χ1v) is 5.96. The number of hydrogen-bond acceptors (Lipinski definition) is 3. The molecule has 1 saturated heterocycles. The molecule has 1 amide bonds. The highest BCUT2D eigenvalue weighted by Crippen LogP contribution is 2.11. The van der Waals surface area contributed by atoms with Gasteiger partial charge in [-0.2, -0.15) is 0 Å². The largest absolute Gasteiger partial charge is 0.379 e. The quantitative estimate of drug-likeness (QED) is 0.819. The summed E-state index contributed by atoms with van der Waals surface area (Å²) in [5, 5.41) is 2.93. The van der Waals surface area contributed by atoms with E-state index in [0.717, 1.165) is 25.0 Å². The second-order valence-electron chi connectivity index (χ2n) is 4.31. The van der Waals surface area contributed by atoms with Gasteiger partial charge in [0.25, 0.3) is 0 Å². The Morgan fingerprint density at radius 1 is 1.41 bits per heavy atom. The average molecular weight is 234 g/mol. The monoisotopic (exact) mass is 234 g/mol. The molecule has 92 valence electrons. The van der Waals surface area contributed by atoms with Gasteiger partial charge in [-0.15, -0.1) is 0 Å². The van der Waals surface area contributed by atoms with E-state index in [1.807, 2.05) is 30.3 Å². The van der Waals surface area contributed by atoms with Crippen LogP contribution in [0.2, 0.25) is 0 Å². The second-order valence-corrected chi connectivity index (χ2v) is 4.31.